The Balaban J connectivity index is 1.71. The molecule has 0 spiro atoms. The number of methoxy groups -OCH3 is 1. The summed E-state index contributed by atoms with van der Waals surface area (Å²) < 4.78 is 26.8. The van der Waals surface area contributed by atoms with Gasteiger partial charge in [0.25, 0.3) is 0 Å². The van der Waals surface area contributed by atoms with Gasteiger partial charge >= 0.3 is 0 Å². The minimum atomic E-state index is -0.273. The number of hydrogen-bond acceptors (Lipinski definition) is 6. The zero-order valence-electron chi connectivity index (χ0n) is 14.9. The number of aromatic nitrogens is 4. The molecule has 7 nitrogen and oxygen atoms in total. The summed E-state index contributed by atoms with van der Waals surface area (Å²) in [5.74, 6) is 1.52. The maximum absolute atomic E-state index is 13.0. The van der Waals surface area contributed by atoms with E-state index in [0.29, 0.717) is 37.1 Å². The molecule has 0 radical (unpaired) electrons. The van der Waals surface area contributed by atoms with Gasteiger partial charge < -0.3 is 14.8 Å². The summed E-state index contributed by atoms with van der Waals surface area (Å²) in [6.45, 7) is 3.46. The van der Waals surface area contributed by atoms with Crippen molar-refractivity contribution in [3.63, 3.8) is 0 Å². The molecular weight excluding hydrogens is 417 g/mol. The molecule has 0 aliphatic rings. The van der Waals surface area contributed by atoms with Crippen molar-refractivity contribution in [2.75, 3.05) is 12.4 Å². The minimum Gasteiger partial charge on any atom is -0.493 e. The molecule has 1 heterocycles. The fourth-order valence-corrected chi connectivity index (χ4v) is 2.91. The van der Waals surface area contributed by atoms with E-state index in [4.69, 9.17) is 9.47 Å². The van der Waals surface area contributed by atoms with E-state index in [1.54, 1.807) is 23.9 Å². The predicted octanol–water partition coefficient (Wildman–Crippen LogP) is 3.79. The number of aryl methyl sites for hydroxylation is 1. The summed E-state index contributed by atoms with van der Waals surface area (Å²) in [7, 11) is 1.59. The van der Waals surface area contributed by atoms with Crippen molar-refractivity contribution in [2.24, 2.45) is 0 Å². The van der Waals surface area contributed by atoms with Gasteiger partial charge in [-0.2, -0.15) is 0 Å². The number of hydrogen-bond donors (Lipinski definition) is 1. The second kappa shape index (κ2) is 8.81. The number of ether oxygens (including phenoxy) is 2. The normalized spacial score (nSPS) is 10.7. The van der Waals surface area contributed by atoms with Crippen molar-refractivity contribution < 1.29 is 13.9 Å². The first-order valence-electron chi connectivity index (χ1n) is 8.34. The fraction of sp³-hybridized carbons (Fsp3) is 0.278. The first kappa shape index (κ1) is 19.1. The molecule has 0 saturated carbocycles. The van der Waals surface area contributed by atoms with Gasteiger partial charge in [0, 0.05) is 17.6 Å². The number of benzene rings is 2. The Morgan fingerprint density at radius 1 is 1.19 bits per heavy atom. The zero-order valence-corrected chi connectivity index (χ0v) is 16.5. The van der Waals surface area contributed by atoms with Gasteiger partial charge in [0.05, 0.1) is 7.11 Å². The zero-order chi connectivity index (χ0) is 19.2. The van der Waals surface area contributed by atoms with Crippen molar-refractivity contribution in [3.05, 3.63) is 57.8 Å². The van der Waals surface area contributed by atoms with E-state index in [1.165, 1.54) is 12.1 Å². The second-order valence-electron chi connectivity index (χ2n) is 5.68. The van der Waals surface area contributed by atoms with Crippen LogP contribution >= 0.6 is 15.9 Å². The van der Waals surface area contributed by atoms with Crippen LogP contribution in [0.4, 0.5) is 10.3 Å². The first-order valence-corrected chi connectivity index (χ1v) is 9.13. The summed E-state index contributed by atoms with van der Waals surface area (Å²) in [5, 5.41) is 14.7. The Bertz CT molecular complexity index is 901. The van der Waals surface area contributed by atoms with Gasteiger partial charge in [-0.25, -0.2) is 9.07 Å². The molecule has 0 fully saturated rings. The maximum Gasteiger partial charge on any atom is 0.243 e. The van der Waals surface area contributed by atoms with Crippen LogP contribution < -0.4 is 14.8 Å². The highest BCUT2D eigenvalue weighted by molar-refractivity contribution is 9.10. The van der Waals surface area contributed by atoms with Crippen molar-refractivity contribution >= 4 is 21.9 Å². The standard InChI is InChI=1S/C18H19BrFN5O2/c1-3-25-18(22-23-24-25)21-10-13-8-16(26-2)17(9-15(13)19)27-11-12-4-6-14(20)7-5-12/h4-9H,3,10-11H2,1-2H3,(H,21,22,24). The molecule has 142 valence electrons. The second-order valence-corrected chi connectivity index (χ2v) is 6.54. The molecule has 9 heteroatoms. The molecule has 0 atom stereocenters. The number of rotatable bonds is 8. The molecular formula is C18H19BrFN5O2. The smallest absolute Gasteiger partial charge is 0.243 e. The van der Waals surface area contributed by atoms with Crippen LogP contribution in [-0.2, 0) is 19.7 Å². The van der Waals surface area contributed by atoms with Crippen LogP contribution in [0.3, 0.4) is 0 Å². The average Bonchev–Trinajstić information content (AvgIpc) is 3.14. The third kappa shape index (κ3) is 4.73. The van der Waals surface area contributed by atoms with Gasteiger partial charge in [-0.3, -0.25) is 0 Å². The lowest BCUT2D eigenvalue weighted by atomic mass is 10.2. The summed E-state index contributed by atoms with van der Waals surface area (Å²) in [4.78, 5) is 0. The first-order chi connectivity index (χ1) is 13.1. The third-order valence-corrected chi connectivity index (χ3v) is 4.65. The van der Waals surface area contributed by atoms with Crippen molar-refractivity contribution in [3.8, 4) is 11.5 Å². The van der Waals surface area contributed by atoms with Crippen LogP contribution in [0.15, 0.2) is 40.9 Å². The lowest BCUT2D eigenvalue weighted by Crippen LogP contribution is -2.08. The highest BCUT2D eigenvalue weighted by atomic mass is 79.9. The summed E-state index contributed by atoms with van der Waals surface area (Å²) in [6, 6.07) is 9.93. The lowest BCUT2D eigenvalue weighted by Gasteiger charge is -2.14. The topological polar surface area (TPSA) is 74.1 Å². The van der Waals surface area contributed by atoms with Gasteiger partial charge in [0.2, 0.25) is 5.95 Å². The van der Waals surface area contributed by atoms with E-state index in [1.807, 2.05) is 19.1 Å². The van der Waals surface area contributed by atoms with Crippen LogP contribution in [0, 0.1) is 5.82 Å². The third-order valence-electron chi connectivity index (χ3n) is 3.91. The van der Waals surface area contributed by atoms with E-state index in [0.717, 1.165) is 15.6 Å². The molecule has 0 bridgehead atoms. The SMILES string of the molecule is CCn1nnnc1NCc1cc(OC)c(OCc2ccc(F)cc2)cc1Br. The Morgan fingerprint density at radius 3 is 2.67 bits per heavy atom. The number of anilines is 1. The maximum atomic E-state index is 13.0. The van der Waals surface area contributed by atoms with Crippen molar-refractivity contribution in [1.82, 2.24) is 20.2 Å². The largest absolute Gasteiger partial charge is 0.493 e. The number of nitrogens with zero attached hydrogens (tertiary/aromatic N) is 4. The lowest BCUT2D eigenvalue weighted by molar-refractivity contribution is 0.284. The molecule has 27 heavy (non-hydrogen) atoms. The van der Waals surface area contributed by atoms with E-state index in [2.05, 4.69) is 36.8 Å². The van der Waals surface area contributed by atoms with Crippen molar-refractivity contribution in [1.29, 1.82) is 0 Å². The molecule has 1 aromatic heterocycles. The summed E-state index contributed by atoms with van der Waals surface area (Å²) in [6.07, 6.45) is 0. The molecule has 0 aliphatic carbocycles. The molecule has 2 aromatic carbocycles. The van der Waals surface area contributed by atoms with Crippen LogP contribution in [0.1, 0.15) is 18.1 Å². The van der Waals surface area contributed by atoms with Gasteiger partial charge in [0.15, 0.2) is 11.5 Å². The summed E-state index contributed by atoms with van der Waals surface area (Å²) in [5.41, 5.74) is 1.83. The van der Waals surface area contributed by atoms with Crippen LogP contribution in [0.2, 0.25) is 0 Å². The number of nitrogens with one attached hydrogen (secondary N) is 1. The molecule has 0 aliphatic heterocycles. The molecule has 1 N–H and O–H groups in total. The average molecular weight is 436 g/mol. The Kier molecular flexibility index (Phi) is 6.23. The van der Waals surface area contributed by atoms with Gasteiger partial charge in [-0.05, 0) is 52.7 Å². The Hall–Kier alpha value is -2.68. The van der Waals surface area contributed by atoms with Crippen LogP contribution in [-0.4, -0.2) is 27.3 Å². The molecule has 0 saturated heterocycles. The van der Waals surface area contributed by atoms with Crippen molar-refractivity contribution in [2.45, 2.75) is 26.6 Å². The number of tetrazole rings is 1. The van der Waals surface area contributed by atoms with E-state index >= 15 is 0 Å². The van der Waals surface area contributed by atoms with Gasteiger partial charge in [-0.1, -0.05) is 33.2 Å². The molecule has 3 aromatic rings. The molecule has 0 amide bonds. The van der Waals surface area contributed by atoms with Crippen LogP contribution in [0.25, 0.3) is 0 Å². The minimum absolute atomic E-state index is 0.273. The Morgan fingerprint density at radius 2 is 1.96 bits per heavy atom. The number of halogens is 2. The van der Waals surface area contributed by atoms with Crippen LogP contribution in [0.5, 0.6) is 11.5 Å². The van der Waals surface area contributed by atoms with Gasteiger partial charge in [-0.15, -0.1) is 0 Å². The molecule has 3 rings (SSSR count). The van der Waals surface area contributed by atoms with Gasteiger partial charge in [0.1, 0.15) is 12.4 Å². The predicted molar refractivity (Wildman–Crippen MR) is 102 cm³/mol. The quantitative estimate of drug-likeness (QED) is 0.579. The van der Waals surface area contributed by atoms with E-state index in [-0.39, 0.29) is 5.82 Å². The molecule has 0 unspecified atom stereocenters. The Labute approximate surface area is 164 Å². The summed E-state index contributed by atoms with van der Waals surface area (Å²) >= 11 is 3.56. The van der Waals surface area contributed by atoms with E-state index < -0.39 is 0 Å². The highest BCUT2D eigenvalue weighted by Gasteiger charge is 2.12. The van der Waals surface area contributed by atoms with E-state index in [9.17, 15) is 4.39 Å². The highest BCUT2D eigenvalue weighted by Crippen LogP contribution is 2.34. The fourth-order valence-electron chi connectivity index (χ4n) is 2.45. The monoisotopic (exact) mass is 435 g/mol.